The van der Waals surface area contributed by atoms with E-state index in [0.717, 1.165) is 6.08 Å². The molecule has 2 rings (SSSR count). The van der Waals surface area contributed by atoms with Crippen LogP contribution in [0.15, 0.2) is 24.8 Å². The maximum atomic E-state index is 13.5. The van der Waals surface area contributed by atoms with Crippen molar-refractivity contribution >= 4 is 28.9 Å². The summed E-state index contributed by atoms with van der Waals surface area (Å²) < 4.78 is 18.8. The number of halogens is 2. The molecule has 1 aromatic rings. The SMILES string of the molecule is C=CC(=O)Nc1cc(F)c(Cl)cc1N1CCOCC1. The van der Waals surface area contributed by atoms with Crippen LogP contribution in [0.4, 0.5) is 15.8 Å². The van der Waals surface area contributed by atoms with Crippen LogP contribution in [0.3, 0.4) is 0 Å². The van der Waals surface area contributed by atoms with E-state index in [1.54, 1.807) is 0 Å². The molecule has 6 heteroatoms. The van der Waals surface area contributed by atoms with E-state index in [4.69, 9.17) is 16.3 Å². The summed E-state index contributed by atoms with van der Waals surface area (Å²) in [7, 11) is 0. The van der Waals surface area contributed by atoms with Crippen molar-refractivity contribution in [2.45, 2.75) is 0 Å². The second-order valence-electron chi connectivity index (χ2n) is 4.08. The first-order valence-electron chi connectivity index (χ1n) is 5.87. The number of morpholine rings is 1. The Balaban J connectivity index is 2.35. The Morgan fingerprint density at radius 2 is 2.16 bits per heavy atom. The molecule has 1 amide bonds. The van der Waals surface area contributed by atoms with Crippen LogP contribution in [0.25, 0.3) is 0 Å². The molecule has 0 radical (unpaired) electrons. The number of anilines is 2. The lowest BCUT2D eigenvalue weighted by Gasteiger charge is -2.30. The molecule has 0 aliphatic carbocycles. The fraction of sp³-hybridized carbons (Fsp3) is 0.308. The highest BCUT2D eigenvalue weighted by molar-refractivity contribution is 6.31. The van der Waals surface area contributed by atoms with Crippen molar-refractivity contribution in [2.24, 2.45) is 0 Å². The first kappa shape index (κ1) is 13.8. The summed E-state index contributed by atoms with van der Waals surface area (Å²) >= 11 is 5.81. The smallest absolute Gasteiger partial charge is 0.247 e. The molecule has 0 bridgehead atoms. The van der Waals surface area contributed by atoms with Gasteiger partial charge >= 0.3 is 0 Å². The van der Waals surface area contributed by atoms with Gasteiger partial charge in [-0.25, -0.2) is 4.39 Å². The van der Waals surface area contributed by atoms with Gasteiger partial charge in [0.15, 0.2) is 0 Å². The first-order valence-corrected chi connectivity index (χ1v) is 6.25. The number of hydrogen-bond donors (Lipinski definition) is 1. The van der Waals surface area contributed by atoms with Crippen LogP contribution in [0.2, 0.25) is 5.02 Å². The third kappa shape index (κ3) is 3.24. The van der Waals surface area contributed by atoms with Gasteiger partial charge in [0, 0.05) is 19.2 Å². The molecular weight excluding hydrogens is 271 g/mol. The second-order valence-corrected chi connectivity index (χ2v) is 4.48. The number of hydrogen-bond acceptors (Lipinski definition) is 3. The number of carbonyl (C=O) groups is 1. The van der Waals surface area contributed by atoms with Gasteiger partial charge in [-0.05, 0) is 12.1 Å². The lowest BCUT2D eigenvalue weighted by atomic mass is 10.2. The van der Waals surface area contributed by atoms with Gasteiger partial charge in [-0.2, -0.15) is 0 Å². The summed E-state index contributed by atoms with van der Waals surface area (Å²) in [5.41, 5.74) is 1.07. The van der Waals surface area contributed by atoms with E-state index in [0.29, 0.717) is 37.7 Å². The van der Waals surface area contributed by atoms with Gasteiger partial charge in [-0.1, -0.05) is 18.2 Å². The van der Waals surface area contributed by atoms with Crippen molar-refractivity contribution in [2.75, 3.05) is 36.5 Å². The maximum absolute atomic E-state index is 13.5. The largest absolute Gasteiger partial charge is 0.378 e. The summed E-state index contributed by atoms with van der Waals surface area (Å²) in [5, 5.41) is 2.61. The van der Waals surface area contributed by atoms with Gasteiger partial charge in [-0.3, -0.25) is 4.79 Å². The van der Waals surface area contributed by atoms with E-state index in [-0.39, 0.29) is 5.02 Å². The second kappa shape index (κ2) is 6.04. The predicted molar refractivity (Wildman–Crippen MR) is 73.3 cm³/mol. The summed E-state index contributed by atoms with van der Waals surface area (Å²) in [6.07, 6.45) is 1.13. The van der Waals surface area contributed by atoms with Crippen LogP contribution in [0.1, 0.15) is 0 Å². The Labute approximate surface area is 115 Å². The number of nitrogens with zero attached hydrogens (tertiary/aromatic N) is 1. The van der Waals surface area contributed by atoms with Crippen LogP contribution in [0, 0.1) is 5.82 Å². The van der Waals surface area contributed by atoms with Crippen LogP contribution >= 0.6 is 11.6 Å². The van der Waals surface area contributed by atoms with E-state index >= 15 is 0 Å². The first-order chi connectivity index (χ1) is 9.11. The van der Waals surface area contributed by atoms with Crippen LogP contribution < -0.4 is 10.2 Å². The average molecular weight is 285 g/mol. The maximum Gasteiger partial charge on any atom is 0.247 e. The van der Waals surface area contributed by atoms with Crippen LogP contribution in [-0.2, 0) is 9.53 Å². The molecule has 1 heterocycles. The molecule has 4 nitrogen and oxygen atoms in total. The van der Waals surface area contributed by atoms with E-state index < -0.39 is 11.7 Å². The molecule has 0 spiro atoms. The minimum Gasteiger partial charge on any atom is -0.378 e. The number of carbonyl (C=O) groups excluding carboxylic acids is 1. The van der Waals surface area contributed by atoms with Gasteiger partial charge in [0.05, 0.1) is 29.6 Å². The third-order valence-corrected chi connectivity index (χ3v) is 3.12. The van der Waals surface area contributed by atoms with Crippen molar-refractivity contribution in [3.8, 4) is 0 Å². The van der Waals surface area contributed by atoms with Gasteiger partial charge in [0.2, 0.25) is 5.91 Å². The number of benzene rings is 1. The molecule has 1 aromatic carbocycles. The van der Waals surface area contributed by atoms with Crippen molar-refractivity contribution < 1.29 is 13.9 Å². The fourth-order valence-corrected chi connectivity index (χ4v) is 2.04. The Morgan fingerprint density at radius 1 is 1.47 bits per heavy atom. The molecule has 0 aromatic heterocycles. The van der Waals surface area contributed by atoms with E-state index in [1.807, 2.05) is 4.90 Å². The number of amides is 1. The molecule has 1 aliphatic rings. The molecule has 0 saturated carbocycles. The molecular formula is C13H14ClFN2O2. The van der Waals surface area contributed by atoms with Crippen LogP contribution in [-0.4, -0.2) is 32.2 Å². The molecule has 1 saturated heterocycles. The highest BCUT2D eigenvalue weighted by atomic mass is 35.5. The molecule has 1 fully saturated rings. The quantitative estimate of drug-likeness (QED) is 0.867. The summed E-state index contributed by atoms with van der Waals surface area (Å²) in [4.78, 5) is 13.4. The van der Waals surface area contributed by atoms with Crippen molar-refractivity contribution in [3.63, 3.8) is 0 Å². The highest BCUT2D eigenvalue weighted by Gasteiger charge is 2.18. The average Bonchev–Trinajstić information content (AvgIpc) is 2.43. The monoisotopic (exact) mass is 284 g/mol. The normalized spacial score (nSPS) is 15.2. The minimum atomic E-state index is -0.571. The summed E-state index contributed by atoms with van der Waals surface area (Å²) in [5.74, 6) is -0.964. The van der Waals surface area contributed by atoms with E-state index in [1.165, 1.54) is 12.1 Å². The fourth-order valence-electron chi connectivity index (χ4n) is 1.89. The molecule has 0 atom stereocenters. The van der Waals surface area contributed by atoms with Crippen molar-refractivity contribution in [1.82, 2.24) is 0 Å². The standard InChI is InChI=1S/C13H14ClFN2O2/c1-2-13(18)16-11-8-10(15)9(14)7-12(11)17-3-5-19-6-4-17/h2,7-8H,1,3-6H2,(H,16,18). The number of ether oxygens (including phenoxy) is 1. The molecule has 102 valence electrons. The van der Waals surface area contributed by atoms with Gasteiger partial charge in [-0.15, -0.1) is 0 Å². The number of nitrogens with one attached hydrogen (secondary N) is 1. The molecule has 0 unspecified atom stereocenters. The minimum absolute atomic E-state index is 0.0260. The summed E-state index contributed by atoms with van der Waals surface area (Å²) in [6, 6.07) is 2.73. The van der Waals surface area contributed by atoms with Crippen molar-refractivity contribution in [3.05, 3.63) is 35.6 Å². The Kier molecular flexibility index (Phi) is 4.39. The number of rotatable bonds is 3. The Morgan fingerprint density at radius 3 is 2.79 bits per heavy atom. The highest BCUT2D eigenvalue weighted by Crippen LogP contribution is 2.32. The topological polar surface area (TPSA) is 41.6 Å². The molecule has 1 N–H and O–H groups in total. The van der Waals surface area contributed by atoms with Gasteiger partial charge in [0.1, 0.15) is 5.82 Å². The van der Waals surface area contributed by atoms with E-state index in [9.17, 15) is 9.18 Å². The Hall–Kier alpha value is -1.59. The van der Waals surface area contributed by atoms with Gasteiger partial charge in [0.25, 0.3) is 0 Å². The van der Waals surface area contributed by atoms with E-state index in [2.05, 4.69) is 11.9 Å². The Bertz CT molecular complexity index is 502. The molecule has 1 aliphatic heterocycles. The third-order valence-electron chi connectivity index (χ3n) is 2.83. The zero-order valence-electron chi connectivity index (χ0n) is 10.3. The predicted octanol–water partition coefficient (Wildman–Crippen LogP) is 2.44. The van der Waals surface area contributed by atoms with Crippen LogP contribution in [0.5, 0.6) is 0 Å². The zero-order valence-corrected chi connectivity index (χ0v) is 11.0. The van der Waals surface area contributed by atoms with Crippen molar-refractivity contribution in [1.29, 1.82) is 0 Å². The summed E-state index contributed by atoms with van der Waals surface area (Å²) in [6.45, 7) is 5.88. The lowest BCUT2D eigenvalue weighted by Crippen LogP contribution is -2.36. The lowest BCUT2D eigenvalue weighted by molar-refractivity contribution is -0.111. The van der Waals surface area contributed by atoms with Gasteiger partial charge < -0.3 is 15.0 Å². The molecule has 19 heavy (non-hydrogen) atoms. The zero-order chi connectivity index (χ0) is 13.8.